The number of rotatable bonds is 7. The second-order valence-electron chi connectivity index (χ2n) is 7.35. The Balaban J connectivity index is 1.83. The first kappa shape index (κ1) is 21.6. The van der Waals surface area contributed by atoms with E-state index >= 15 is 0 Å². The molecule has 32 heavy (non-hydrogen) atoms. The maximum Gasteiger partial charge on any atom is 0.240 e. The van der Waals surface area contributed by atoms with Crippen LogP contribution in [0.25, 0.3) is 17.1 Å². The van der Waals surface area contributed by atoms with E-state index in [1.807, 2.05) is 89.5 Å². The molecule has 1 atom stereocenters. The molecule has 1 aromatic heterocycles. The molecule has 0 aliphatic carbocycles. The highest BCUT2D eigenvalue weighted by Crippen LogP contribution is 2.38. The lowest BCUT2D eigenvalue weighted by Crippen LogP contribution is -2.27. The van der Waals surface area contributed by atoms with E-state index in [0.29, 0.717) is 11.0 Å². The zero-order valence-electron chi connectivity index (χ0n) is 18.2. The number of methoxy groups -OCH3 is 1. The molecule has 0 saturated carbocycles. The molecule has 0 N–H and O–H groups in total. The van der Waals surface area contributed by atoms with Crippen molar-refractivity contribution in [2.75, 3.05) is 21.2 Å². The van der Waals surface area contributed by atoms with Crippen molar-refractivity contribution in [2.45, 2.75) is 10.4 Å². The summed E-state index contributed by atoms with van der Waals surface area (Å²) in [6.07, 6.45) is 0. The molecule has 1 heterocycles. The van der Waals surface area contributed by atoms with Crippen molar-refractivity contribution < 1.29 is 9.53 Å². The Morgan fingerprint density at radius 3 is 2.28 bits per heavy atom. The van der Waals surface area contributed by atoms with Crippen LogP contribution in [0.15, 0.2) is 90.1 Å². The first-order valence-electron chi connectivity index (χ1n) is 10.2. The number of amides is 1. The first-order valence-corrected chi connectivity index (χ1v) is 11.0. The van der Waals surface area contributed by atoms with Crippen LogP contribution in [0.3, 0.4) is 0 Å². The molecular weight excluding hydrogens is 420 g/mol. The number of para-hydroxylation sites is 1. The number of nitrogens with zero attached hydrogens (tertiary/aromatic N) is 4. The number of carbonyl (C=O) groups excluding carboxylic acids is 1. The van der Waals surface area contributed by atoms with Crippen molar-refractivity contribution in [2.24, 2.45) is 0 Å². The summed E-state index contributed by atoms with van der Waals surface area (Å²) in [5.41, 5.74) is 2.71. The predicted octanol–water partition coefficient (Wildman–Crippen LogP) is 4.86. The van der Waals surface area contributed by atoms with Crippen LogP contribution in [-0.4, -0.2) is 46.8 Å². The molecule has 0 bridgehead atoms. The predicted molar refractivity (Wildman–Crippen MR) is 127 cm³/mol. The van der Waals surface area contributed by atoms with Gasteiger partial charge in [0.2, 0.25) is 5.91 Å². The summed E-state index contributed by atoms with van der Waals surface area (Å²) >= 11 is 1.39. The molecule has 6 nitrogen and oxygen atoms in total. The Hall–Kier alpha value is -3.58. The molecule has 7 heteroatoms. The SMILES string of the molecule is COc1cccc(-c2nnc(SC(C(=O)N(C)C)c3ccccc3)n2-c2ccccc2)c1. The van der Waals surface area contributed by atoms with Crippen molar-refractivity contribution in [3.63, 3.8) is 0 Å². The van der Waals surface area contributed by atoms with E-state index in [1.54, 1.807) is 26.1 Å². The molecule has 4 rings (SSSR count). The maximum atomic E-state index is 13.1. The molecule has 1 amide bonds. The van der Waals surface area contributed by atoms with E-state index < -0.39 is 5.25 Å². The van der Waals surface area contributed by atoms with Gasteiger partial charge in [-0.25, -0.2) is 0 Å². The summed E-state index contributed by atoms with van der Waals surface area (Å²) in [5, 5.41) is 9.19. The Morgan fingerprint density at radius 1 is 0.938 bits per heavy atom. The average Bonchev–Trinajstić information content (AvgIpc) is 3.27. The minimum absolute atomic E-state index is 0.00765. The van der Waals surface area contributed by atoms with E-state index in [2.05, 4.69) is 10.2 Å². The van der Waals surface area contributed by atoms with Crippen LogP contribution < -0.4 is 4.74 Å². The van der Waals surface area contributed by atoms with Crippen molar-refractivity contribution in [1.29, 1.82) is 0 Å². The number of hydrogen-bond acceptors (Lipinski definition) is 5. The number of ether oxygens (including phenoxy) is 1. The second kappa shape index (κ2) is 9.70. The van der Waals surface area contributed by atoms with Gasteiger partial charge in [-0.05, 0) is 29.8 Å². The number of carbonyl (C=O) groups is 1. The van der Waals surface area contributed by atoms with Crippen molar-refractivity contribution in [1.82, 2.24) is 19.7 Å². The zero-order valence-corrected chi connectivity index (χ0v) is 19.0. The van der Waals surface area contributed by atoms with E-state index in [-0.39, 0.29) is 5.91 Å². The van der Waals surface area contributed by atoms with Crippen LogP contribution in [0.4, 0.5) is 0 Å². The fourth-order valence-electron chi connectivity index (χ4n) is 3.33. The number of aromatic nitrogens is 3. The maximum absolute atomic E-state index is 13.1. The third-order valence-electron chi connectivity index (χ3n) is 4.97. The van der Waals surface area contributed by atoms with E-state index in [9.17, 15) is 4.79 Å². The summed E-state index contributed by atoms with van der Waals surface area (Å²) in [6, 6.07) is 27.4. The molecule has 0 aliphatic heterocycles. The minimum atomic E-state index is -0.448. The average molecular weight is 445 g/mol. The number of likely N-dealkylation sites (N-methyl/N-ethyl adjacent to an activating group) is 1. The van der Waals surface area contributed by atoms with Gasteiger partial charge in [0, 0.05) is 25.3 Å². The molecule has 0 saturated heterocycles. The highest BCUT2D eigenvalue weighted by Gasteiger charge is 2.27. The van der Waals surface area contributed by atoms with Gasteiger partial charge in [-0.1, -0.05) is 72.4 Å². The fraction of sp³-hybridized carbons (Fsp3) is 0.160. The molecule has 1 unspecified atom stereocenters. The zero-order chi connectivity index (χ0) is 22.5. The van der Waals surface area contributed by atoms with Gasteiger partial charge in [0.25, 0.3) is 0 Å². The summed E-state index contributed by atoms with van der Waals surface area (Å²) in [5.74, 6) is 1.41. The minimum Gasteiger partial charge on any atom is -0.497 e. The lowest BCUT2D eigenvalue weighted by atomic mass is 10.1. The standard InChI is InChI=1S/C25H24N4O2S/c1-28(2)24(30)22(18-11-6-4-7-12-18)32-25-27-26-23(19-13-10-16-21(17-19)31-3)29(25)20-14-8-5-9-15-20/h4-17,22H,1-3H3. The van der Waals surface area contributed by atoms with Crippen LogP contribution >= 0.6 is 11.8 Å². The summed E-state index contributed by atoms with van der Waals surface area (Å²) in [4.78, 5) is 14.7. The third-order valence-corrected chi connectivity index (χ3v) is 6.15. The van der Waals surface area contributed by atoms with Gasteiger partial charge in [0.15, 0.2) is 11.0 Å². The van der Waals surface area contributed by atoms with Crippen LogP contribution in [0.2, 0.25) is 0 Å². The fourth-order valence-corrected chi connectivity index (χ4v) is 4.53. The number of hydrogen-bond donors (Lipinski definition) is 0. The van der Waals surface area contributed by atoms with Gasteiger partial charge >= 0.3 is 0 Å². The summed E-state index contributed by atoms with van der Waals surface area (Å²) in [6.45, 7) is 0. The van der Waals surface area contributed by atoms with Gasteiger partial charge in [0.05, 0.1) is 7.11 Å². The van der Waals surface area contributed by atoms with E-state index in [4.69, 9.17) is 4.74 Å². The lowest BCUT2D eigenvalue weighted by Gasteiger charge is -2.20. The molecule has 162 valence electrons. The molecule has 3 aromatic carbocycles. The normalized spacial score (nSPS) is 11.7. The van der Waals surface area contributed by atoms with E-state index in [1.165, 1.54) is 11.8 Å². The Morgan fingerprint density at radius 2 is 1.62 bits per heavy atom. The first-order chi connectivity index (χ1) is 15.6. The second-order valence-corrected chi connectivity index (χ2v) is 8.42. The molecular formula is C25H24N4O2S. The summed E-state index contributed by atoms with van der Waals surface area (Å²) < 4.78 is 7.38. The van der Waals surface area contributed by atoms with Gasteiger partial charge in [-0.3, -0.25) is 9.36 Å². The Bertz CT molecular complexity index is 1190. The Kier molecular flexibility index (Phi) is 6.56. The largest absolute Gasteiger partial charge is 0.497 e. The van der Waals surface area contributed by atoms with Gasteiger partial charge < -0.3 is 9.64 Å². The number of thioether (sulfide) groups is 1. The van der Waals surface area contributed by atoms with Crippen LogP contribution in [-0.2, 0) is 4.79 Å². The quantitative estimate of drug-likeness (QED) is 0.381. The number of benzene rings is 3. The van der Waals surface area contributed by atoms with Crippen LogP contribution in [0, 0.1) is 0 Å². The smallest absolute Gasteiger partial charge is 0.240 e. The van der Waals surface area contributed by atoms with Crippen molar-refractivity contribution in [3.05, 3.63) is 90.5 Å². The Labute approximate surface area is 191 Å². The highest BCUT2D eigenvalue weighted by atomic mass is 32.2. The highest BCUT2D eigenvalue weighted by molar-refractivity contribution is 8.00. The van der Waals surface area contributed by atoms with Crippen LogP contribution in [0.1, 0.15) is 10.8 Å². The molecule has 0 fully saturated rings. The lowest BCUT2D eigenvalue weighted by molar-refractivity contribution is -0.128. The van der Waals surface area contributed by atoms with Crippen LogP contribution in [0.5, 0.6) is 5.75 Å². The third kappa shape index (κ3) is 4.53. The van der Waals surface area contributed by atoms with E-state index in [0.717, 1.165) is 22.6 Å². The van der Waals surface area contributed by atoms with Gasteiger partial charge in [-0.15, -0.1) is 10.2 Å². The monoisotopic (exact) mass is 444 g/mol. The van der Waals surface area contributed by atoms with Crippen molar-refractivity contribution in [3.8, 4) is 22.8 Å². The molecule has 0 radical (unpaired) electrons. The molecule has 0 aliphatic rings. The van der Waals surface area contributed by atoms with Crippen molar-refractivity contribution >= 4 is 17.7 Å². The topological polar surface area (TPSA) is 60.3 Å². The van der Waals surface area contributed by atoms with Gasteiger partial charge in [-0.2, -0.15) is 0 Å². The molecule has 0 spiro atoms. The summed E-state index contributed by atoms with van der Waals surface area (Å²) in [7, 11) is 5.17. The van der Waals surface area contributed by atoms with Gasteiger partial charge in [0.1, 0.15) is 11.0 Å². The molecule has 4 aromatic rings.